The molecule has 1 aliphatic heterocycles. The zero-order chi connectivity index (χ0) is 18.5. The Morgan fingerprint density at radius 3 is 2.46 bits per heavy atom. The molecule has 5 nitrogen and oxygen atoms in total. The summed E-state index contributed by atoms with van der Waals surface area (Å²) in [6, 6.07) is 12.0. The fourth-order valence-electron chi connectivity index (χ4n) is 3.49. The lowest BCUT2D eigenvalue weighted by Crippen LogP contribution is -2.44. The first-order valence-corrected chi connectivity index (χ1v) is 10.2. The Balaban J connectivity index is 1.73. The van der Waals surface area contributed by atoms with Gasteiger partial charge in [-0.3, -0.25) is 15.0 Å². The second-order valence-electron chi connectivity index (χ2n) is 6.69. The number of nitrogens with zero attached hydrogens (tertiary/aromatic N) is 3. The molecule has 1 aromatic heterocycles. The summed E-state index contributed by atoms with van der Waals surface area (Å²) in [5.41, 5.74) is 1.22. The lowest BCUT2D eigenvalue weighted by molar-refractivity contribution is -0.380. The van der Waals surface area contributed by atoms with E-state index in [4.69, 9.17) is 11.6 Å². The fourth-order valence-corrected chi connectivity index (χ4v) is 4.46. The molecule has 1 saturated heterocycles. The predicted molar refractivity (Wildman–Crippen MR) is 107 cm³/mol. The quantitative estimate of drug-likeness (QED) is 0.501. The third-order valence-corrected chi connectivity index (χ3v) is 6.28. The van der Waals surface area contributed by atoms with Crippen molar-refractivity contribution < 1.29 is 4.92 Å². The highest BCUT2D eigenvalue weighted by Crippen LogP contribution is 2.28. The molecule has 0 bridgehead atoms. The summed E-state index contributed by atoms with van der Waals surface area (Å²) in [7, 11) is 0. The first-order valence-electron chi connectivity index (χ1n) is 8.99. The SMILES string of the molecule is CCN1CCC(N(Cc2ccc(Cl)cc2)Cc2ccc([N+](=O)[O-])s2)CC1. The molecular weight excluding hydrogens is 370 g/mol. The summed E-state index contributed by atoms with van der Waals surface area (Å²) in [6.07, 6.45) is 2.27. The van der Waals surface area contributed by atoms with Crippen LogP contribution in [0, 0.1) is 10.1 Å². The van der Waals surface area contributed by atoms with E-state index in [1.165, 1.54) is 16.9 Å². The molecule has 1 fully saturated rings. The van der Waals surface area contributed by atoms with Crippen molar-refractivity contribution in [1.29, 1.82) is 0 Å². The molecule has 0 aliphatic carbocycles. The van der Waals surface area contributed by atoms with E-state index in [2.05, 4.69) is 28.9 Å². The molecule has 7 heteroatoms. The Labute approximate surface area is 163 Å². The van der Waals surface area contributed by atoms with Crippen molar-refractivity contribution in [3.05, 3.63) is 62.0 Å². The van der Waals surface area contributed by atoms with Gasteiger partial charge in [-0.25, -0.2) is 0 Å². The standard InChI is InChI=1S/C19H24ClN3O2S/c1-2-21-11-9-17(10-12-21)22(13-15-3-5-16(20)6-4-15)14-18-7-8-19(26-18)23(24)25/h3-8,17H,2,9-14H2,1H3. The van der Waals surface area contributed by atoms with Gasteiger partial charge in [0.15, 0.2) is 0 Å². The molecule has 2 heterocycles. The van der Waals surface area contributed by atoms with Gasteiger partial charge in [-0.15, -0.1) is 0 Å². The third-order valence-electron chi connectivity index (χ3n) is 5.01. The van der Waals surface area contributed by atoms with Crippen LogP contribution in [0.5, 0.6) is 0 Å². The molecule has 0 N–H and O–H groups in total. The highest BCUT2D eigenvalue weighted by atomic mass is 35.5. The highest BCUT2D eigenvalue weighted by Gasteiger charge is 2.25. The van der Waals surface area contributed by atoms with Gasteiger partial charge < -0.3 is 4.90 Å². The van der Waals surface area contributed by atoms with Gasteiger partial charge in [0.25, 0.3) is 0 Å². The lowest BCUT2D eigenvalue weighted by atomic mass is 10.0. The minimum absolute atomic E-state index is 0.215. The molecule has 0 radical (unpaired) electrons. The summed E-state index contributed by atoms with van der Waals surface area (Å²) < 4.78 is 0. The summed E-state index contributed by atoms with van der Waals surface area (Å²) in [6.45, 7) is 7.11. The maximum atomic E-state index is 11.0. The highest BCUT2D eigenvalue weighted by molar-refractivity contribution is 7.15. The van der Waals surface area contributed by atoms with Gasteiger partial charge in [0.2, 0.25) is 0 Å². The van der Waals surface area contributed by atoms with E-state index in [9.17, 15) is 10.1 Å². The van der Waals surface area contributed by atoms with Gasteiger partial charge in [0.1, 0.15) is 0 Å². The number of piperidine rings is 1. The van der Waals surface area contributed by atoms with Crippen LogP contribution in [0.4, 0.5) is 5.00 Å². The van der Waals surface area contributed by atoms with Crippen LogP contribution >= 0.6 is 22.9 Å². The number of rotatable bonds is 7. The fraction of sp³-hybridized carbons (Fsp3) is 0.474. The van der Waals surface area contributed by atoms with Crippen molar-refractivity contribution in [2.24, 2.45) is 0 Å². The number of likely N-dealkylation sites (tertiary alicyclic amines) is 1. The van der Waals surface area contributed by atoms with Crippen LogP contribution in [0.1, 0.15) is 30.2 Å². The topological polar surface area (TPSA) is 49.6 Å². The van der Waals surface area contributed by atoms with Gasteiger partial charge in [-0.2, -0.15) is 0 Å². The van der Waals surface area contributed by atoms with E-state index in [-0.39, 0.29) is 9.92 Å². The smallest absolute Gasteiger partial charge is 0.303 e. The van der Waals surface area contributed by atoms with E-state index in [1.807, 2.05) is 18.2 Å². The Hall–Kier alpha value is -1.47. The van der Waals surface area contributed by atoms with E-state index >= 15 is 0 Å². The van der Waals surface area contributed by atoms with Gasteiger partial charge in [-0.1, -0.05) is 42.0 Å². The number of thiophene rings is 1. The molecule has 0 saturated carbocycles. The van der Waals surface area contributed by atoms with E-state index in [0.29, 0.717) is 6.04 Å². The zero-order valence-corrected chi connectivity index (χ0v) is 16.5. The average Bonchev–Trinajstić information content (AvgIpc) is 3.12. The molecule has 0 amide bonds. The maximum absolute atomic E-state index is 11.0. The number of nitro groups is 1. The first kappa shape index (κ1) is 19.3. The lowest BCUT2D eigenvalue weighted by Gasteiger charge is -2.38. The molecule has 3 rings (SSSR count). The molecule has 1 aromatic carbocycles. The van der Waals surface area contributed by atoms with Crippen molar-refractivity contribution in [3.63, 3.8) is 0 Å². The Morgan fingerprint density at radius 2 is 1.88 bits per heavy atom. The van der Waals surface area contributed by atoms with Crippen LogP contribution in [0.2, 0.25) is 5.02 Å². The van der Waals surface area contributed by atoms with Crippen LogP contribution < -0.4 is 0 Å². The van der Waals surface area contributed by atoms with Crippen LogP contribution in [-0.4, -0.2) is 40.4 Å². The summed E-state index contributed by atoms with van der Waals surface area (Å²) in [5, 5.41) is 11.9. The number of benzene rings is 1. The van der Waals surface area contributed by atoms with Gasteiger partial charge in [0, 0.05) is 35.1 Å². The summed E-state index contributed by atoms with van der Waals surface area (Å²) in [4.78, 5) is 16.7. The van der Waals surface area contributed by atoms with Crippen molar-refractivity contribution in [2.45, 2.75) is 38.9 Å². The largest absolute Gasteiger partial charge is 0.324 e. The minimum atomic E-state index is -0.308. The van der Waals surface area contributed by atoms with Crippen molar-refractivity contribution in [3.8, 4) is 0 Å². The van der Waals surface area contributed by atoms with Gasteiger partial charge in [-0.05, 0) is 56.2 Å². The second kappa shape index (κ2) is 8.95. The summed E-state index contributed by atoms with van der Waals surface area (Å²) >= 11 is 7.29. The molecule has 0 unspecified atom stereocenters. The number of halogens is 1. The predicted octanol–water partition coefficient (Wildman–Crippen LogP) is 4.80. The Kier molecular flexibility index (Phi) is 6.64. The molecule has 0 atom stereocenters. The minimum Gasteiger partial charge on any atom is -0.303 e. The number of hydrogen-bond donors (Lipinski definition) is 0. The monoisotopic (exact) mass is 393 g/mol. The van der Waals surface area contributed by atoms with Crippen molar-refractivity contribution >= 4 is 27.9 Å². The molecule has 1 aliphatic rings. The van der Waals surface area contributed by atoms with Crippen LogP contribution in [-0.2, 0) is 13.1 Å². The maximum Gasteiger partial charge on any atom is 0.324 e. The molecular formula is C19H24ClN3O2S. The van der Waals surface area contributed by atoms with Crippen LogP contribution in [0.25, 0.3) is 0 Å². The summed E-state index contributed by atoms with van der Waals surface area (Å²) in [5.74, 6) is 0. The molecule has 140 valence electrons. The number of hydrogen-bond acceptors (Lipinski definition) is 5. The first-order chi connectivity index (χ1) is 12.5. The van der Waals surface area contributed by atoms with Gasteiger partial charge >= 0.3 is 5.00 Å². The van der Waals surface area contributed by atoms with Crippen molar-refractivity contribution in [1.82, 2.24) is 9.80 Å². The third kappa shape index (κ3) is 5.04. The normalized spacial score (nSPS) is 16.3. The molecule has 26 heavy (non-hydrogen) atoms. The Morgan fingerprint density at radius 1 is 1.19 bits per heavy atom. The van der Waals surface area contributed by atoms with Crippen LogP contribution in [0.15, 0.2) is 36.4 Å². The Bertz CT molecular complexity index is 727. The van der Waals surface area contributed by atoms with Gasteiger partial charge in [0.05, 0.1) is 4.92 Å². The van der Waals surface area contributed by atoms with Crippen LogP contribution in [0.3, 0.4) is 0 Å². The zero-order valence-electron chi connectivity index (χ0n) is 14.9. The van der Waals surface area contributed by atoms with Crippen molar-refractivity contribution in [2.75, 3.05) is 19.6 Å². The van der Waals surface area contributed by atoms with E-state index in [0.717, 1.165) is 55.5 Å². The van der Waals surface area contributed by atoms with E-state index in [1.54, 1.807) is 6.07 Å². The van der Waals surface area contributed by atoms with E-state index < -0.39 is 0 Å². The average molecular weight is 394 g/mol. The molecule has 2 aromatic rings. The molecule has 0 spiro atoms. The second-order valence-corrected chi connectivity index (χ2v) is 8.28.